The van der Waals surface area contributed by atoms with Crippen molar-refractivity contribution in [2.75, 3.05) is 19.5 Å². The number of nitrogens with one attached hydrogen (secondary N) is 2. The monoisotopic (exact) mass is 218 g/mol. The van der Waals surface area contributed by atoms with Gasteiger partial charge < -0.3 is 9.72 Å². The molecule has 14 heavy (non-hydrogen) atoms. The van der Waals surface area contributed by atoms with Gasteiger partial charge in [0.05, 0.1) is 12.4 Å². The number of aromatic amines is 1. The van der Waals surface area contributed by atoms with E-state index in [0.717, 1.165) is 5.56 Å². The molecule has 0 spiro atoms. The molecule has 1 heterocycles. The van der Waals surface area contributed by atoms with Crippen molar-refractivity contribution in [2.24, 2.45) is 0 Å². The highest BCUT2D eigenvalue weighted by molar-refractivity contribution is 7.89. The van der Waals surface area contributed by atoms with E-state index in [1.165, 1.54) is 7.11 Å². The Labute approximate surface area is 83.5 Å². The first-order valence-electron chi connectivity index (χ1n) is 4.22. The molecule has 80 valence electrons. The second kappa shape index (κ2) is 5.14. The van der Waals surface area contributed by atoms with E-state index < -0.39 is 10.0 Å². The van der Waals surface area contributed by atoms with Crippen molar-refractivity contribution in [1.82, 2.24) is 9.71 Å². The topological polar surface area (TPSA) is 71.2 Å². The van der Waals surface area contributed by atoms with Crippen LogP contribution in [-0.4, -0.2) is 32.9 Å². The van der Waals surface area contributed by atoms with Crippen molar-refractivity contribution in [1.29, 1.82) is 0 Å². The number of H-pyrrole nitrogens is 1. The second-order valence-electron chi connectivity index (χ2n) is 2.85. The van der Waals surface area contributed by atoms with Gasteiger partial charge in [-0.1, -0.05) is 0 Å². The summed E-state index contributed by atoms with van der Waals surface area (Å²) in [6.45, 7) is 0.526. The van der Waals surface area contributed by atoms with Crippen molar-refractivity contribution < 1.29 is 13.2 Å². The lowest BCUT2D eigenvalue weighted by molar-refractivity contribution is 0.217. The third kappa shape index (κ3) is 3.91. The SMILES string of the molecule is COCCS(=O)(=O)NCc1cc[nH]c1. The predicted molar refractivity (Wildman–Crippen MR) is 53.3 cm³/mol. The Kier molecular flexibility index (Phi) is 4.12. The molecule has 6 heteroatoms. The number of hydrogen-bond acceptors (Lipinski definition) is 3. The minimum atomic E-state index is -3.21. The fourth-order valence-electron chi connectivity index (χ4n) is 0.927. The van der Waals surface area contributed by atoms with Crippen LogP contribution in [0.3, 0.4) is 0 Å². The van der Waals surface area contributed by atoms with Crippen molar-refractivity contribution in [3.63, 3.8) is 0 Å². The van der Waals surface area contributed by atoms with Crippen LogP contribution in [0.1, 0.15) is 5.56 Å². The summed E-state index contributed by atoms with van der Waals surface area (Å²) in [5, 5.41) is 0. The minimum absolute atomic E-state index is 0.00603. The van der Waals surface area contributed by atoms with Crippen molar-refractivity contribution in [3.05, 3.63) is 24.0 Å². The van der Waals surface area contributed by atoms with Gasteiger partial charge in [0.15, 0.2) is 0 Å². The Morgan fingerprint density at radius 3 is 2.93 bits per heavy atom. The molecule has 5 nitrogen and oxygen atoms in total. The van der Waals surface area contributed by atoms with E-state index in [1.807, 2.05) is 6.07 Å². The van der Waals surface area contributed by atoms with E-state index >= 15 is 0 Å². The first kappa shape index (κ1) is 11.2. The summed E-state index contributed by atoms with van der Waals surface area (Å²) in [4.78, 5) is 2.85. The number of aromatic nitrogens is 1. The fourth-order valence-corrected chi connectivity index (χ4v) is 1.84. The van der Waals surface area contributed by atoms with E-state index in [1.54, 1.807) is 12.4 Å². The Morgan fingerprint density at radius 1 is 1.57 bits per heavy atom. The second-order valence-corrected chi connectivity index (χ2v) is 4.78. The van der Waals surface area contributed by atoms with Crippen LogP contribution in [0.4, 0.5) is 0 Å². The molecule has 0 bridgehead atoms. The number of hydrogen-bond donors (Lipinski definition) is 2. The molecule has 1 aromatic rings. The van der Waals surface area contributed by atoms with E-state index in [2.05, 4.69) is 14.4 Å². The maximum absolute atomic E-state index is 11.3. The maximum Gasteiger partial charge on any atom is 0.214 e. The van der Waals surface area contributed by atoms with Crippen molar-refractivity contribution in [2.45, 2.75) is 6.54 Å². The first-order chi connectivity index (χ1) is 6.64. The zero-order valence-corrected chi connectivity index (χ0v) is 8.80. The molecule has 1 aromatic heterocycles. The van der Waals surface area contributed by atoms with Crippen LogP contribution >= 0.6 is 0 Å². The quantitative estimate of drug-likeness (QED) is 0.710. The normalized spacial score (nSPS) is 11.8. The lowest BCUT2D eigenvalue weighted by Crippen LogP contribution is -2.27. The molecule has 0 aliphatic heterocycles. The van der Waals surface area contributed by atoms with E-state index in [4.69, 9.17) is 0 Å². The van der Waals surface area contributed by atoms with Crippen molar-refractivity contribution >= 4 is 10.0 Å². The van der Waals surface area contributed by atoms with E-state index in [-0.39, 0.29) is 12.4 Å². The van der Waals surface area contributed by atoms with Gasteiger partial charge in [-0.25, -0.2) is 13.1 Å². The number of sulfonamides is 1. The van der Waals surface area contributed by atoms with Crippen LogP contribution in [0, 0.1) is 0 Å². The summed E-state index contributed by atoms with van der Waals surface area (Å²) in [6.07, 6.45) is 3.50. The fraction of sp³-hybridized carbons (Fsp3) is 0.500. The molecule has 1 rings (SSSR count). The van der Waals surface area contributed by atoms with Gasteiger partial charge in [-0.05, 0) is 11.6 Å². The average molecular weight is 218 g/mol. The smallest absolute Gasteiger partial charge is 0.214 e. The Balaban J connectivity index is 2.37. The largest absolute Gasteiger partial charge is 0.384 e. The van der Waals surface area contributed by atoms with Gasteiger partial charge >= 0.3 is 0 Å². The van der Waals surface area contributed by atoms with Crippen LogP contribution in [0.2, 0.25) is 0 Å². The maximum atomic E-state index is 11.3. The molecule has 0 aliphatic carbocycles. The van der Waals surface area contributed by atoms with E-state index in [0.29, 0.717) is 6.54 Å². The molecule has 0 fully saturated rings. The molecule has 0 amide bonds. The van der Waals surface area contributed by atoms with Gasteiger partial charge in [-0.3, -0.25) is 0 Å². The van der Waals surface area contributed by atoms with Crippen molar-refractivity contribution in [3.8, 4) is 0 Å². The molecule has 0 saturated carbocycles. The average Bonchev–Trinajstić information content (AvgIpc) is 2.64. The van der Waals surface area contributed by atoms with Gasteiger partial charge in [0.1, 0.15) is 0 Å². The zero-order chi connectivity index (χ0) is 10.4. The molecule has 0 radical (unpaired) electrons. The van der Waals surface area contributed by atoms with Crippen LogP contribution in [0.15, 0.2) is 18.5 Å². The standard InChI is InChI=1S/C8H14N2O3S/c1-13-4-5-14(11,12)10-7-8-2-3-9-6-8/h2-3,6,9-10H,4-5,7H2,1H3. The minimum Gasteiger partial charge on any atom is -0.384 e. The van der Waals surface area contributed by atoms with Gasteiger partial charge in [0.25, 0.3) is 0 Å². The summed E-state index contributed by atoms with van der Waals surface area (Å²) in [5.41, 5.74) is 0.908. The number of ether oxygens (including phenoxy) is 1. The highest BCUT2D eigenvalue weighted by Crippen LogP contribution is 1.96. The Morgan fingerprint density at radius 2 is 2.36 bits per heavy atom. The molecule has 0 atom stereocenters. The highest BCUT2D eigenvalue weighted by atomic mass is 32.2. The van der Waals surface area contributed by atoms with Gasteiger partial charge in [0, 0.05) is 26.0 Å². The highest BCUT2D eigenvalue weighted by Gasteiger charge is 2.08. The number of methoxy groups -OCH3 is 1. The summed E-state index contributed by atoms with van der Waals surface area (Å²) in [7, 11) is -1.73. The summed E-state index contributed by atoms with van der Waals surface area (Å²) < 4.78 is 29.7. The van der Waals surface area contributed by atoms with E-state index in [9.17, 15) is 8.42 Å². The third-order valence-corrected chi connectivity index (χ3v) is 3.00. The Bertz CT molecular complexity index is 345. The van der Waals surface area contributed by atoms with Gasteiger partial charge in [-0.2, -0.15) is 0 Å². The predicted octanol–water partition coefficient (Wildman–Crippen LogP) is 0.0805. The molecule has 0 unspecified atom stereocenters. The summed E-state index contributed by atoms with van der Waals surface area (Å²) >= 11 is 0. The van der Waals surface area contributed by atoms with Crippen LogP contribution < -0.4 is 4.72 Å². The molecule has 0 saturated heterocycles. The third-order valence-electron chi connectivity index (χ3n) is 1.71. The molecule has 0 aromatic carbocycles. The summed E-state index contributed by atoms with van der Waals surface area (Å²) in [6, 6.07) is 1.82. The summed E-state index contributed by atoms with van der Waals surface area (Å²) in [5.74, 6) is -0.00603. The molecular formula is C8H14N2O3S. The lowest BCUT2D eigenvalue weighted by atomic mass is 10.4. The van der Waals surface area contributed by atoms with Crippen LogP contribution in [0.5, 0.6) is 0 Å². The molecular weight excluding hydrogens is 204 g/mol. The first-order valence-corrected chi connectivity index (χ1v) is 5.87. The van der Waals surface area contributed by atoms with Gasteiger partial charge in [0.2, 0.25) is 10.0 Å². The Hall–Kier alpha value is -0.850. The number of rotatable bonds is 6. The van der Waals surface area contributed by atoms with Crippen LogP contribution in [0.25, 0.3) is 0 Å². The zero-order valence-electron chi connectivity index (χ0n) is 7.99. The van der Waals surface area contributed by atoms with Crippen LogP contribution in [-0.2, 0) is 21.3 Å². The van der Waals surface area contributed by atoms with Gasteiger partial charge in [-0.15, -0.1) is 0 Å². The molecule has 2 N–H and O–H groups in total. The molecule has 0 aliphatic rings. The lowest BCUT2D eigenvalue weighted by Gasteiger charge is -2.04.